The predicted octanol–water partition coefficient (Wildman–Crippen LogP) is 4.33. The molecule has 0 atom stereocenters. The van der Waals surface area contributed by atoms with E-state index >= 15 is 0 Å². The second-order valence-corrected chi connectivity index (χ2v) is 11.0. The number of nitrogens with one attached hydrogen (secondary N) is 1. The van der Waals surface area contributed by atoms with Gasteiger partial charge in [0.1, 0.15) is 0 Å². The van der Waals surface area contributed by atoms with Gasteiger partial charge in [-0.15, -0.1) is 0 Å². The summed E-state index contributed by atoms with van der Waals surface area (Å²) in [6, 6.07) is 6.02. The van der Waals surface area contributed by atoms with Gasteiger partial charge in [-0.05, 0) is 87.0 Å². The number of nitrogens with two attached hydrogens (primary N) is 1. The van der Waals surface area contributed by atoms with Crippen molar-refractivity contribution in [1.29, 1.82) is 0 Å². The van der Waals surface area contributed by atoms with Crippen LogP contribution in [0, 0.1) is 5.41 Å². The van der Waals surface area contributed by atoms with E-state index in [9.17, 15) is 14.7 Å². The highest BCUT2D eigenvalue weighted by atomic mass is 16.3. The van der Waals surface area contributed by atoms with Crippen molar-refractivity contribution in [3.8, 4) is 5.69 Å². The van der Waals surface area contributed by atoms with E-state index in [2.05, 4.69) is 23.7 Å². The first-order valence-corrected chi connectivity index (χ1v) is 12.4. The molecule has 33 heavy (non-hydrogen) atoms. The molecule has 0 radical (unpaired) electrons. The van der Waals surface area contributed by atoms with E-state index in [1.165, 1.54) is 11.3 Å². The van der Waals surface area contributed by atoms with Crippen LogP contribution in [0.1, 0.15) is 96.5 Å². The molecule has 0 aliphatic heterocycles. The highest BCUT2D eigenvalue weighted by Gasteiger charge is 2.38. The number of benzene rings is 1. The lowest BCUT2D eigenvalue weighted by Gasteiger charge is -2.30. The standard InChI is InChI=1S/C27H35N3O3/c1-27(2)14-23-25(24(32)15-27)20-5-3-4-6-22(20)30(23)17-9-12-19(26(28)33)21(13-17)29-16-7-10-18(31)11-8-16/h9,12-13,16,18,29,31H,3-8,10-11,14-15H2,1-2H3,(H2,28,33). The fourth-order valence-corrected chi connectivity index (χ4v) is 6.15. The average molecular weight is 450 g/mol. The largest absolute Gasteiger partial charge is 0.393 e. The molecule has 1 saturated carbocycles. The van der Waals surface area contributed by atoms with Crippen LogP contribution in [-0.4, -0.2) is 33.5 Å². The van der Waals surface area contributed by atoms with Gasteiger partial charge in [-0.3, -0.25) is 9.59 Å². The number of nitrogens with zero attached hydrogens (tertiary/aromatic N) is 1. The van der Waals surface area contributed by atoms with Gasteiger partial charge in [0.05, 0.1) is 11.7 Å². The Kier molecular flexibility index (Phi) is 5.60. The monoisotopic (exact) mass is 449 g/mol. The molecule has 6 heteroatoms. The number of hydrogen-bond donors (Lipinski definition) is 3. The number of aliphatic hydroxyl groups excluding tert-OH is 1. The number of aliphatic hydroxyl groups is 1. The van der Waals surface area contributed by atoms with E-state index in [-0.39, 0.29) is 23.3 Å². The summed E-state index contributed by atoms with van der Waals surface area (Å²) < 4.78 is 2.31. The summed E-state index contributed by atoms with van der Waals surface area (Å²) in [7, 11) is 0. The highest BCUT2D eigenvalue weighted by Crippen LogP contribution is 2.42. The van der Waals surface area contributed by atoms with Crippen molar-refractivity contribution >= 4 is 17.4 Å². The van der Waals surface area contributed by atoms with Gasteiger partial charge in [0.25, 0.3) is 5.91 Å². The molecule has 6 nitrogen and oxygen atoms in total. The summed E-state index contributed by atoms with van der Waals surface area (Å²) >= 11 is 0. The van der Waals surface area contributed by atoms with Gasteiger partial charge in [-0.25, -0.2) is 0 Å². The minimum atomic E-state index is -0.451. The molecule has 0 unspecified atom stereocenters. The maximum Gasteiger partial charge on any atom is 0.250 e. The summed E-state index contributed by atoms with van der Waals surface area (Å²) in [5, 5.41) is 13.4. The minimum Gasteiger partial charge on any atom is -0.393 e. The molecule has 3 aliphatic rings. The number of amides is 1. The van der Waals surface area contributed by atoms with Gasteiger partial charge in [0.2, 0.25) is 0 Å². The van der Waals surface area contributed by atoms with E-state index in [0.29, 0.717) is 12.0 Å². The maximum absolute atomic E-state index is 13.2. The van der Waals surface area contributed by atoms with E-state index < -0.39 is 5.91 Å². The molecule has 2 aromatic rings. The quantitative estimate of drug-likeness (QED) is 0.647. The van der Waals surface area contributed by atoms with Crippen LogP contribution in [-0.2, 0) is 19.3 Å². The van der Waals surface area contributed by atoms with E-state index in [0.717, 1.165) is 80.4 Å². The number of fused-ring (bicyclic) bond motifs is 3. The second-order valence-electron chi connectivity index (χ2n) is 11.0. The van der Waals surface area contributed by atoms with Crippen LogP contribution in [0.25, 0.3) is 5.69 Å². The summed E-state index contributed by atoms with van der Waals surface area (Å²) in [6.45, 7) is 4.34. The topological polar surface area (TPSA) is 97.4 Å². The first-order chi connectivity index (χ1) is 15.7. The molecule has 4 N–H and O–H groups in total. The van der Waals surface area contributed by atoms with Crippen LogP contribution in [0.2, 0.25) is 0 Å². The van der Waals surface area contributed by atoms with Gasteiger partial charge in [0.15, 0.2) is 5.78 Å². The number of hydrogen-bond acceptors (Lipinski definition) is 4. The van der Waals surface area contributed by atoms with Crippen LogP contribution in [0.4, 0.5) is 5.69 Å². The fraction of sp³-hybridized carbons (Fsp3) is 0.556. The molecule has 1 aromatic heterocycles. The lowest BCUT2D eigenvalue weighted by Crippen LogP contribution is -2.29. The van der Waals surface area contributed by atoms with Gasteiger partial charge in [-0.1, -0.05) is 13.8 Å². The first-order valence-electron chi connectivity index (χ1n) is 12.4. The highest BCUT2D eigenvalue weighted by molar-refractivity contribution is 6.01. The number of aromatic nitrogens is 1. The van der Waals surface area contributed by atoms with E-state index in [1.807, 2.05) is 18.2 Å². The lowest BCUT2D eigenvalue weighted by atomic mass is 9.75. The number of primary amides is 1. The molecule has 5 rings (SSSR count). The normalized spacial score (nSPS) is 24.2. The number of carbonyl (C=O) groups is 2. The number of carbonyl (C=O) groups excluding carboxylic acids is 2. The Labute approximate surface area is 195 Å². The maximum atomic E-state index is 13.2. The molecule has 1 heterocycles. The third-order valence-electron chi connectivity index (χ3n) is 7.72. The molecule has 1 fully saturated rings. The Bertz CT molecular complexity index is 1110. The average Bonchev–Trinajstić information content (AvgIpc) is 3.08. The Hall–Kier alpha value is -2.60. The van der Waals surface area contributed by atoms with Crippen molar-refractivity contribution in [2.24, 2.45) is 11.1 Å². The Morgan fingerprint density at radius 2 is 1.82 bits per heavy atom. The smallest absolute Gasteiger partial charge is 0.250 e. The minimum absolute atomic E-state index is 0.0695. The zero-order valence-corrected chi connectivity index (χ0v) is 19.7. The third kappa shape index (κ3) is 4.10. The molecular formula is C27H35N3O3. The van der Waals surface area contributed by atoms with Gasteiger partial charge in [-0.2, -0.15) is 0 Å². The summed E-state index contributed by atoms with van der Waals surface area (Å²) in [6.07, 6.45) is 8.66. The Morgan fingerprint density at radius 1 is 1.09 bits per heavy atom. The van der Waals surface area contributed by atoms with Crippen LogP contribution >= 0.6 is 0 Å². The summed E-state index contributed by atoms with van der Waals surface area (Å²) in [4.78, 5) is 25.4. The predicted molar refractivity (Wildman–Crippen MR) is 129 cm³/mol. The van der Waals surface area contributed by atoms with Crippen LogP contribution in [0.5, 0.6) is 0 Å². The zero-order valence-electron chi connectivity index (χ0n) is 19.7. The molecular weight excluding hydrogens is 414 g/mol. The molecule has 0 saturated heterocycles. The molecule has 3 aliphatic carbocycles. The van der Waals surface area contributed by atoms with Crippen LogP contribution in [0.3, 0.4) is 0 Å². The first kappa shape index (κ1) is 22.2. The number of anilines is 1. The van der Waals surface area contributed by atoms with Crippen molar-refractivity contribution in [3.63, 3.8) is 0 Å². The SMILES string of the molecule is CC1(C)CC(=O)c2c3c(n(-c4ccc(C(N)=O)c(NC5CCC(O)CC5)c4)c2C1)CCCC3. The van der Waals surface area contributed by atoms with Crippen molar-refractivity contribution < 1.29 is 14.7 Å². The number of Topliss-reactive ketones (excluding diaryl/α,β-unsaturated/α-hetero) is 1. The Balaban J connectivity index is 1.61. The number of ketones is 1. The number of rotatable bonds is 4. The van der Waals surface area contributed by atoms with Crippen molar-refractivity contribution in [2.45, 2.75) is 90.2 Å². The van der Waals surface area contributed by atoms with Crippen molar-refractivity contribution in [1.82, 2.24) is 4.57 Å². The molecule has 0 spiro atoms. The van der Waals surface area contributed by atoms with E-state index in [1.54, 1.807) is 0 Å². The van der Waals surface area contributed by atoms with Gasteiger partial charge < -0.3 is 20.7 Å². The van der Waals surface area contributed by atoms with Crippen molar-refractivity contribution in [3.05, 3.63) is 46.3 Å². The van der Waals surface area contributed by atoms with Crippen LogP contribution in [0.15, 0.2) is 18.2 Å². The summed E-state index contributed by atoms with van der Waals surface area (Å²) in [5.41, 5.74) is 12.4. The molecule has 1 amide bonds. The van der Waals surface area contributed by atoms with Crippen LogP contribution < -0.4 is 11.1 Å². The van der Waals surface area contributed by atoms with Gasteiger partial charge in [0, 0.05) is 40.8 Å². The Morgan fingerprint density at radius 3 is 2.55 bits per heavy atom. The molecule has 176 valence electrons. The van der Waals surface area contributed by atoms with E-state index in [4.69, 9.17) is 5.73 Å². The molecule has 1 aromatic carbocycles. The fourth-order valence-electron chi connectivity index (χ4n) is 6.15. The molecule has 0 bridgehead atoms. The zero-order chi connectivity index (χ0) is 23.3. The lowest BCUT2D eigenvalue weighted by molar-refractivity contribution is 0.0909. The summed E-state index contributed by atoms with van der Waals surface area (Å²) in [5.74, 6) is -0.182. The second kappa shape index (κ2) is 8.32. The van der Waals surface area contributed by atoms with Crippen molar-refractivity contribution in [2.75, 3.05) is 5.32 Å². The third-order valence-corrected chi connectivity index (χ3v) is 7.72. The van der Waals surface area contributed by atoms with Gasteiger partial charge >= 0.3 is 0 Å².